The largest absolute Gasteiger partial charge is 0.353 e. The first-order chi connectivity index (χ1) is 12.8. The molecule has 0 saturated heterocycles. The van der Waals surface area contributed by atoms with Gasteiger partial charge in [0.2, 0.25) is 5.91 Å². The van der Waals surface area contributed by atoms with E-state index in [1.807, 2.05) is 19.0 Å². The van der Waals surface area contributed by atoms with Gasteiger partial charge in [-0.1, -0.05) is 29.3 Å². The summed E-state index contributed by atoms with van der Waals surface area (Å²) in [7, 11) is 5.41. The predicted molar refractivity (Wildman–Crippen MR) is 110 cm³/mol. The molecular formula is C17H21Cl2N5O2S. The van der Waals surface area contributed by atoms with E-state index >= 15 is 0 Å². The summed E-state index contributed by atoms with van der Waals surface area (Å²) in [6.45, 7) is 1.22. The van der Waals surface area contributed by atoms with E-state index in [-0.39, 0.29) is 24.1 Å². The van der Waals surface area contributed by atoms with Crippen LogP contribution in [-0.2, 0) is 4.79 Å². The highest BCUT2D eigenvalue weighted by Gasteiger charge is 2.18. The minimum absolute atomic E-state index is 0.0350. The third kappa shape index (κ3) is 6.35. The number of hydrogen-bond acceptors (Lipinski definition) is 6. The average molecular weight is 430 g/mol. The van der Waals surface area contributed by atoms with Crippen LogP contribution in [0.4, 0.5) is 10.8 Å². The van der Waals surface area contributed by atoms with Crippen molar-refractivity contribution < 1.29 is 9.59 Å². The molecule has 0 spiro atoms. The highest BCUT2D eigenvalue weighted by Crippen LogP contribution is 2.32. The van der Waals surface area contributed by atoms with Crippen LogP contribution in [0, 0.1) is 0 Å². The van der Waals surface area contributed by atoms with Crippen LogP contribution in [-0.4, -0.2) is 67.4 Å². The Morgan fingerprint density at radius 1 is 1.22 bits per heavy atom. The molecule has 27 heavy (non-hydrogen) atoms. The number of likely N-dealkylation sites (N-methyl/N-ethyl adjacent to an activating group) is 2. The summed E-state index contributed by atoms with van der Waals surface area (Å²) in [6, 6.07) is 5.21. The number of hydrogen-bond donors (Lipinski definition) is 2. The van der Waals surface area contributed by atoms with Crippen LogP contribution in [0.1, 0.15) is 10.5 Å². The Bertz CT molecular complexity index is 812. The summed E-state index contributed by atoms with van der Waals surface area (Å²) in [5.41, 5.74) is 0.857. The molecule has 0 atom stereocenters. The average Bonchev–Trinajstić information content (AvgIpc) is 3.06. The number of benzene rings is 1. The van der Waals surface area contributed by atoms with E-state index in [1.54, 1.807) is 30.6 Å². The van der Waals surface area contributed by atoms with E-state index in [2.05, 4.69) is 15.6 Å². The van der Waals surface area contributed by atoms with Crippen molar-refractivity contribution in [1.29, 1.82) is 0 Å². The molecule has 2 rings (SSSR count). The Morgan fingerprint density at radius 3 is 2.67 bits per heavy atom. The first kappa shape index (κ1) is 21.4. The Kier molecular flexibility index (Phi) is 7.85. The molecule has 1 aromatic carbocycles. The van der Waals surface area contributed by atoms with Crippen molar-refractivity contribution in [2.45, 2.75) is 0 Å². The fourth-order valence-electron chi connectivity index (χ4n) is 2.10. The summed E-state index contributed by atoms with van der Waals surface area (Å²) in [5, 5.41) is 8.75. The summed E-state index contributed by atoms with van der Waals surface area (Å²) >= 11 is 13.4. The Hall–Kier alpha value is -1.87. The summed E-state index contributed by atoms with van der Waals surface area (Å²) in [4.78, 5) is 31.9. The van der Waals surface area contributed by atoms with Gasteiger partial charge in [-0.2, -0.15) is 0 Å². The SMILES string of the molecule is CN(C)CCNC(=O)CN(C)C(=O)c1csc(Nc2cccc(Cl)c2Cl)n1. The second-order valence-electron chi connectivity index (χ2n) is 6.08. The Balaban J connectivity index is 1.93. The maximum absolute atomic E-state index is 12.5. The number of thiazole rings is 1. The van der Waals surface area contributed by atoms with Crippen molar-refractivity contribution in [3.63, 3.8) is 0 Å². The molecule has 0 unspecified atom stereocenters. The molecule has 146 valence electrons. The number of nitrogens with zero attached hydrogens (tertiary/aromatic N) is 3. The number of amides is 2. The molecule has 2 amide bonds. The molecule has 0 aliphatic carbocycles. The number of aromatic nitrogens is 1. The van der Waals surface area contributed by atoms with Crippen LogP contribution in [0.2, 0.25) is 10.0 Å². The lowest BCUT2D eigenvalue weighted by atomic mass is 10.3. The van der Waals surface area contributed by atoms with Gasteiger partial charge in [0.25, 0.3) is 5.91 Å². The number of halogens is 2. The van der Waals surface area contributed by atoms with E-state index in [4.69, 9.17) is 23.2 Å². The molecule has 2 N–H and O–H groups in total. The van der Waals surface area contributed by atoms with Gasteiger partial charge in [0.1, 0.15) is 5.69 Å². The Labute approximate surface area is 172 Å². The number of nitrogens with one attached hydrogen (secondary N) is 2. The molecule has 0 radical (unpaired) electrons. The van der Waals surface area contributed by atoms with Crippen molar-refractivity contribution in [3.8, 4) is 0 Å². The lowest BCUT2D eigenvalue weighted by Crippen LogP contribution is -2.40. The van der Waals surface area contributed by atoms with Gasteiger partial charge in [-0.05, 0) is 26.2 Å². The molecule has 1 heterocycles. The Morgan fingerprint density at radius 2 is 1.96 bits per heavy atom. The van der Waals surface area contributed by atoms with E-state index in [0.29, 0.717) is 27.4 Å². The van der Waals surface area contributed by atoms with Crippen molar-refractivity contribution in [3.05, 3.63) is 39.3 Å². The fourth-order valence-corrected chi connectivity index (χ4v) is 3.15. The quantitative estimate of drug-likeness (QED) is 0.674. The van der Waals surface area contributed by atoms with Crippen molar-refractivity contribution in [2.24, 2.45) is 0 Å². The first-order valence-electron chi connectivity index (χ1n) is 8.11. The molecule has 0 aliphatic rings. The van der Waals surface area contributed by atoms with E-state index < -0.39 is 0 Å². The van der Waals surface area contributed by atoms with E-state index in [0.717, 1.165) is 6.54 Å². The maximum Gasteiger partial charge on any atom is 0.273 e. The minimum Gasteiger partial charge on any atom is -0.353 e. The predicted octanol–water partition coefficient (Wildman–Crippen LogP) is 2.94. The molecule has 0 saturated carbocycles. The van der Waals surface area contributed by atoms with Crippen LogP contribution in [0.3, 0.4) is 0 Å². The number of carbonyl (C=O) groups excluding carboxylic acids is 2. The van der Waals surface area contributed by atoms with Gasteiger partial charge in [0, 0.05) is 25.5 Å². The van der Waals surface area contributed by atoms with Crippen molar-refractivity contribution in [2.75, 3.05) is 46.1 Å². The van der Waals surface area contributed by atoms with Gasteiger partial charge in [-0.25, -0.2) is 4.98 Å². The molecular weight excluding hydrogens is 409 g/mol. The van der Waals surface area contributed by atoms with Gasteiger partial charge in [-0.15, -0.1) is 11.3 Å². The summed E-state index contributed by atoms with van der Waals surface area (Å²) in [5.74, 6) is -0.550. The zero-order valence-electron chi connectivity index (χ0n) is 15.3. The number of carbonyl (C=O) groups is 2. The molecule has 7 nitrogen and oxygen atoms in total. The minimum atomic E-state index is -0.334. The fraction of sp³-hybridized carbons (Fsp3) is 0.353. The molecule has 1 aromatic heterocycles. The van der Waals surface area contributed by atoms with Crippen molar-refractivity contribution >= 4 is 57.2 Å². The van der Waals surface area contributed by atoms with Gasteiger partial charge in [0.05, 0.1) is 22.3 Å². The van der Waals surface area contributed by atoms with E-state index in [9.17, 15) is 9.59 Å². The highest BCUT2D eigenvalue weighted by molar-refractivity contribution is 7.14. The second-order valence-corrected chi connectivity index (χ2v) is 7.72. The maximum atomic E-state index is 12.5. The monoisotopic (exact) mass is 429 g/mol. The van der Waals surface area contributed by atoms with Gasteiger partial charge >= 0.3 is 0 Å². The summed E-state index contributed by atoms with van der Waals surface area (Å²) in [6.07, 6.45) is 0. The van der Waals surface area contributed by atoms with Crippen LogP contribution in [0.5, 0.6) is 0 Å². The van der Waals surface area contributed by atoms with Crippen LogP contribution < -0.4 is 10.6 Å². The lowest BCUT2D eigenvalue weighted by molar-refractivity contribution is -0.121. The molecule has 2 aromatic rings. The van der Waals surface area contributed by atoms with Crippen LogP contribution >= 0.6 is 34.5 Å². The smallest absolute Gasteiger partial charge is 0.273 e. The normalized spacial score (nSPS) is 10.7. The van der Waals surface area contributed by atoms with Gasteiger partial charge in [0.15, 0.2) is 5.13 Å². The number of anilines is 2. The van der Waals surface area contributed by atoms with Crippen LogP contribution in [0.15, 0.2) is 23.6 Å². The molecule has 0 bridgehead atoms. The second kappa shape index (κ2) is 9.89. The zero-order valence-corrected chi connectivity index (χ0v) is 17.6. The third-order valence-electron chi connectivity index (χ3n) is 3.53. The van der Waals surface area contributed by atoms with E-state index in [1.165, 1.54) is 16.2 Å². The topological polar surface area (TPSA) is 77.6 Å². The van der Waals surface area contributed by atoms with Gasteiger partial charge in [-0.3, -0.25) is 9.59 Å². The molecule has 0 fully saturated rings. The number of rotatable bonds is 8. The lowest BCUT2D eigenvalue weighted by Gasteiger charge is -2.16. The van der Waals surface area contributed by atoms with Gasteiger partial charge < -0.3 is 20.4 Å². The zero-order chi connectivity index (χ0) is 20.0. The third-order valence-corrected chi connectivity index (χ3v) is 5.10. The standard InChI is InChI=1S/C17H21Cl2N5O2S/c1-23(2)8-7-20-14(25)9-24(3)16(26)13-10-27-17(22-13)21-12-6-4-5-11(18)15(12)19/h4-6,10H,7-9H2,1-3H3,(H,20,25)(H,21,22). The van der Waals surface area contributed by atoms with Crippen LogP contribution in [0.25, 0.3) is 0 Å². The molecule has 10 heteroatoms. The highest BCUT2D eigenvalue weighted by atomic mass is 35.5. The molecule has 0 aliphatic heterocycles. The summed E-state index contributed by atoms with van der Waals surface area (Å²) < 4.78 is 0. The van der Waals surface area contributed by atoms with Crippen molar-refractivity contribution in [1.82, 2.24) is 20.1 Å². The first-order valence-corrected chi connectivity index (χ1v) is 9.75.